The van der Waals surface area contributed by atoms with Crippen molar-refractivity contribution < 1.29 is 4.74 Å². The Morgan fingerprint density at radius 3 is 2.91 bits per heavy atom. The number of halogens is 1. The fourth-order valence-corrected chi connectivity index (χ4v) is 5.12. The molecule has 0 atom stereocenters. The zero-order chi connectivity index (χ0) is 24.0. The van der Waals surface area contributed by atoms with E-state index in [1.807, 2.05) is 6.07 Å². The first-order valence-corrected chi connectivity index (χ1v) is 12.1. The van der Waals surface area contributed by atoms with Crippen molar-refractivity contribution in [1.29, 1.82) is 5.26 Å². The number of rotatable bonds is 6. The normalized spacial score (nSPS) is 19.2. The first-order chi connectivity index (χ1) is 17.1. The lowest BCUT2D eigenvalue weighted by atomic mass is 9.78. The highest BCUT2D eigenvalue weighted by Crippen LogP contribution is 2.38. The van der Waals surface area contributed by atoms with E-state index in [1.54, 1.807) is 6.07 Å². The van der Waals surface area contributed by atoms with Crippen LogP contribution in [0.5, 0.6) is 0 Å². The molecule has 2 N–H and O–H groups in total. The van der Waals surface area contributed by atoms with Crippen LogP contribution in [0.1, 0.15) is 36.8 Å². The van der Waals surface area contributed by atoms with E-state index in [4.69, 9.17) is 22.9 Å². The van der Waals surface area contributed by atoms with Crippen LogP contribution in [0.15, 0.2) is 18.3 Å². The van der Waals surface area contributed by atoms with Crippen LogP contribution >= 0.6 is 11.6 Å². The third-order valence-electron chi connectivity index (χ3n) is 6.85. The molecule has 1 aliphatic carbocycles. The number of aromatic nitrogens is 4. The zero-order valence-electron chi connectivity index (χ0n) is 19.1. The number of piperidine rings is 1. The molecule has 2 aromatic heterocycles. The molecule has 1 aromatic carbocycles. The Morgan fingerprint density at radius 1 is 1.34 bits per heavy atom. The first-order valence-electron chi connectivity index (χ1n) is 11.8. The number of hydrogen-bond acceptors (Lipinski definition) is 8. The smallest absolute Gasteiger partial charge is 0.275 e. The summed E-state index contributed by atoms with van der Waals surface area (Å²) in [6, 6.07) is 6.14. The van der Waals surface area contributed by atoms with Gasteiger partial charge < -0.3 is 20.2 Å². The average Bonchev–Trinajstić information content (AvgIpc) is 3.56. The summed E-state index contributed by atoms with van der Waals surface area (Å²) in [6.07, 6.45) is 5.94. The predicted octanol–water partition coefficient (Wildman–Crippen LogP) is 4.13. The number of ether oxygens (including phenoxy) is 1. The summed E-state index contributed by atoms with van der Waals surface area (Å²) in [5.74, 6) is 1.13. The van der Waals surface area contributed by atoms with Crippen molar-refractivity contribution >= 4 is 40.5 Å². The molecule has 6 rings (SSSR count). The SMILES string of the molecule is [C-]#[N+]c1cnc2c(NC3CC3)nc(Nc3cc(C#N)cc(CN4CCCC5(COC5)C4)c3Cl)nn12. The van der Waals surface area contributed by atoms with E-state index in [2.05, 4.69) is 41.5 Å². The van der Waals surface area contributed by atoms with Crippen molar-refractivity contribution in [3.63, 3.8) is 0 Å². The third-order valence-corrected chi connectivity index (χ3v) is 7.30. The molecule has 0 unspecified atom stereocenters. The van der Waals surface area contributed by atoms with Crippen LogP contribution in [0.25, 0.3) is 10.5 Å². The average molecular weight is 490 g/mol. The second-order valence-corrected chi connectivity index (χ2v) is 10.1. The quantitative estimate of drug-likeness (QED) is 0.497. The second-order valence-electron chi connectivity index (χ2n) is 9.71. The summed E-state index contributed by atoms with van der Waals surface area (Å²) in [4.78, 5) is 14.8. The van der Waals surface area contributed by atoms with Crippen molar-refractivity contribution in [2.24, 2.45) is 5.41 Å². The van der Waals surface area contributed by atoms with Gasteiger partial charge in [-0.05, 0) is 49.9 Å². The van der Waals surface area contributed by atoms with Crippen LogP contribution in [0.3, 0.4) is 0 Å². The molecule has 35 heavy (non-hydrogen) atoms. The predicted molar refractivity (Wildman–Crippen MR) is 131 cm³/mol. The van der Waals surface area contributed by atoms with E-state index in [9.17, 15) is 5.26 Å². The van der Waals surface area contributed by atoms with E-state index in [0.29, 0.717) is 46.1 Å². The van der Waals surface area contributed by atoms with Crippen LogP contribution in [0, 0.1) is 23.3 Å². The minimum Gasteiger partial charge on any atom is -0.380 e. The molecule has 4 heterocycles. The van der Waals surface area contributed by atoms with Crippen LogP contribution in [-0.2, 0) is 11.3 Å². The van der Waals surface area contributed by atoms with E-state index in [-0.39, 0.29) is 11.4 Å². The molecular weight excluding hydrogens is 466 g/mol. The van der Waals surface area contributed by atoms with E-state index in [1.165, 1.54) is 17.1 Å². The highest BCUT2D eigenvalue weighted by atomic mass is 35.5. The van der Waals surface area contributed by atoms with Gasteiger partial charge in [-0.3, -0.25) is 4.90 Å². The molecule has 10 nitrogen and oxygen atoms in total. The lowest BCUT2D eigenvalue weighted by molar-refractivity contribution is -0.145. The summed E-state index contributed by atoms with van der Waals surface area (Å²) in [7, 11) is 0. The number of nitrogens with one attached hydrogen (secondary N) is 2. The molecule has 0 amide bonds. The Bertz CT molecular complexity index is 1380. The Hall–Kier alpha value is -3.44. The molecule has 178 valence electrons. The third kappa shape index (κ3) is 4.25. The fourth-order valence-electron chi connectivity index (χ4n) is 4.90. The van der Waals surface area contributed by atoms with Gasteiger partial charge >= 0.3 is 0 Å². The van der Waals surface area contributed by atoms with Gasteiger partial charge in [0, 0.05) is 24.5 Å². The molecule has 2 saturated heterocycles. The molecule has 2 aliphatic heterocycles. The van der Waals surface area contributed by atoms with E-state index >= 15 is 0 Å². The van der Waals surface area contributed by atoms with Crippen molar-refractivity contribution in [2.75, 3.05) is 36.9 Å². The standard InChI is InChI=1S/C24H24ClN9O/c1-27-19-10-28-22-21(29-17-3-4-17)31-23(32-34(19)22)30-18-8-15(9-26)7-16(20(18)25)11-33-6-2-5-24(12-33)13-35-14-24/h7-8,10,17H,2-6,11-14H2,(H2,29,30,31,32). The van der Waals surface area contributed by atoms with Crippen molar-refractivity contribution in [1.82, 2.24) is 24.5 Å². The van der Waals surface area contributed by atoms with Crippen LogP contribution in [0.2, 0.25) is 5.02 Å². The van der Waals surface area contributed by atoms with Gasteiger partial charge in [-0.15, -0.1) is 4.52 Å². The maximum absolute atomic E-state index is 9.67. The zero-order valence-corrected chi connectivity index (χ0v) is 19.8. The number of anilines is 3. The molecule has 0 bridgehead atoms. The number of benzene rings is 1. The Labute approximate surface area is 207 Å². The number of hydrogen-bond donors (Lipinski definition) is 2. The number of imidazole rings is 1. The van der Waals surface area contributed by atoms with Gasteiger partial charge in [0.25, 0.3) is 17.4 Å². The highest BCUT2D eigenvalue weighted by molar-refractivity contribution is 6.34. The van der Waals surface area contributed by atoms with Gasteiger partial charge in [-0.2, -0.15) is 10.2 Å². The molecule has 1 spiro atoms. The Kier molecular flexibility index (Phi) is 5.45. The second kappa shape index (κ2) is 8.65. The summed E-state index contributed by atoms with van der Waals surface area (Å²) in [6.45, 7) is 11.7. The summed E-state index contributed by atoms with van der Waals surface area (Å²) in [5.41, 5.74) is 2.71. The van der Waals surface area contributed by atoms with Gasteiger partial charge in [0.15, 0.2) is 5.82 Å². The van der Waals surface area contributed by atoms with Gasteiger partial charge in [0.1, 0.15) is 0 Å². The van der Waals surface area contributed by atoms with Gasteiger partial charge in [0.05, 0.1) is 41.8 Å². The Morgan fingerprint density at radius 2 is 2.20 bits per heavy atom. The molecule has 11 heteroatoms. The Balaban J connectivity index is 1.32. The molecule has 1 saturated carbocycles. The van der Waals surface area contributed by atoms with Crippen molar-refractivity contribution in [2.45, 2.75) is 38.3 Å². The maximum atomic E-state index is 9.67. The number of nitrogens with zero attached hydrogens (tertiary/aromatic N) is 7. The largest absolute Gasteiger partial charge is 0.380 e. The molecule has 3 aliphatic rings. The lowest BCUT2D eigenvalue weighted by Gasteiger charge is -2.48. The van der Waals surface area contributed by atoms with Crippen LogP contribution in [-0.4, -0.2) is 56.8 Å². The summed E-state index contributed by atoms with van der Waals surface area (Å²) < 4.78 is 6.96. The molecule has 0 radical (unpaired) electrons. The molecule has 3 fully saturated rings. The highest BCUT2D eigenvalue weighted by Gasteiger charge is 2.42. The van der Waals surface area contributed by atoms with Crippen LogP contribution < -0.4 is 10.6 Å². The number of fused-ring (bicyclic) bond motifs is 1. The van der Waals surface area contributed by atoms with E-state index < -0.39 is 0 Å². The summed E-state index contributed by atoms with van der Waals surface area (Å²) >= 11 is 6.85. The molecule has 3 aromatic rings. The van der Waals surface area contributed by atoms with Crippen molar-refractivity contribution in [3.8, 4) is 6.07 Å². The minimum absolute atomic E-state index is 0.262. The van der Waals surface area contributed by atoms with Gasteiger partial charge in [-0.25, -0.2) is 4.98 Å². The fraction of sp³-hybridized carbons (Fsp3) is 0.458. The minimum atomic E-state index is 0.262. The summed E-state index contributed by atoms with van der Waals surface area (Å²) in [5, 5.41) is 21.2. The van der Waals surface area contributed by atoms with Crippen LogP contribution in [0.4, 0.5) is 23.3 Å². The van der Waals surface area contributed by atoms with Gasteiger partial charge in [-0.1, -0.05) is 23.3 Å². The number of nitriles is 1. The lowest BCUT2D eigenvalue weighted by Crippen LogP contribution is -2.53. The monoisotopic (exact) mass is 489 g/mol. The van der Waals surface area contributed by atoms with Crippen molar-refractivity contribution in [3.05, 3.63) is 45.9 Å². The van der Waals surface area contributed by atoms with E-state index in [0.717, 1.165) is 51.1 Å². The topological polar surface area (TPSA) is 108 Å². The first kappa shape index (κ1) is 22.1. The number of likely N-dealkylation sites (tertiary alicyclic amines) is 1. The molecular formula is C24H24ClN9O. The van der Waals surface area contributed by atoms with Gasteiger partial charge in [0.2, 0.25) is 0 Å². The maximum Gasteiger partial charge on any atom is 0.275 e.